The molecule has 2 aromatic rings. The van der Waals surface area contributed by atoms with E-state index >= 15 is 0 Å². The summed E-state index contributed by atoms with van der Waals surface area (Å²) in [4.78, 5) is 21.0. The molecule has 2 fully saturated rings. The number of hydrogen-bond donors (Lipinski definition) is 0. The van der Waals surface area contributed by atoms with Crippen LogP contribution in [0.3, 0.4) is 0 Å². The number of carbonyl (C=O) groups is 1. The third-order valence-corrected chi connectivity index (χ3v) is 7.29. The molecule has 0 N–H and O–H groups in total. The number of hydrogen-bond acceptors (Lipinski definition) is 4. The molecule has 30 heavy (non-hydrogen) atoms. The average Bonchev–Trinajstić information content (AvgIpc) is 3.04. The van der Waals surface area contributed by atoms with Gasteiger partial charge in [0.1, 0.15) is 5.75 Å². The van der Waals surface area contributed by atoms with E-state index in [1.807, 2.05) is 59.5 Å². The number of halogens is 1. The summed E-state index contributed by atoms with van der Waals surface area (Å²) in [5.74, 6) is 1.30. The quantitative estimate of drug-likeness (QED) is 0.456. The van der Waals surface area contributed by atoms with Crippen molar-refractivity contribution in [2.24, 2.45) is 10.9 Å². The van der Waals surface area contributed by atoms with Crippen molar-refractivity contribution in [3.63, 3.8) is 0 Å². The van der Waals surface area contributed by atoms with Crippen LogP contribution in [0.15, 0.2) is 62.9 Å². The lowest BCUT2D eigenvalue weighted by Crippen LogP contribution is -2.44. The highest BCUT2D eigenvalue weighted by atomic mass is 79.9. The van der Waals surface area contributed by atoms with Crippen LogP contribution < -0.4 is 4.74 Å². The molecule has 1 aliphatic carbocycles. The molecule has 4 rings (SSSR count). The van der Waals surface area contributed by atoms with E-state index in [1.54, 1.807) is 7.11 Å². The smallest absolute Gasteiger partial charge is 0.267 e. The molecule has 0 bridgehead atoms. The van der Waals surface area contributed by atoms with E-state index in [4.69, 9.17) is 9.73 Å². The van der Waals surface area contributed by atoms with Gasteiger partial charge in [0.2, 0.25) is 0 Å². The van der Waals surface area contributed by atoms with Crippen LogP contribution in [0.2, 0.25) is 0 Å². The van der Waals surface area contributed by atoms with Gasteiger partial charge in [-0.3, -0.25) is 9.69 Å². The van der Waals surface area contributed by atoms with Crippen LogP contribution in [-0.4, -0.2) is 29.1 Å². The predicted molar refractivity (Wildman–Crippen MR) is 128 cm³/mol. The number of methoxy groups -OCH3 is 1. The maximum absolute atomic E-state index is 13.5. The Morgan fingerprint density at radius 3 is 2.63 bits per heavy atom. The lowest BCUT2D eigenvalue weighted by atomic mass is 9.85. The van der Waals surface area contributed by atoms with E-state index in [0.29, 0.717) is 10.8 Å². The van der Waals surface area contributed by atoms with Crippen molar-refractivity contribution in [3.05, 3.63) is 63.5 Å². The second-order valence-corrected chi connectivity index (χ2v) is 9.60. The SMILES string of the molecule is COc1ccc(/C=C2\SC(=Nc3ccccc3)N([C@H]3CCCC[C@@H]3C)C2=O)cc1Br. The fraction of sp³-hybridized carbons (Fsp3) is 0.333. The third kappa shape index (κ3) is 4.49. The second-order valence-electron chi connectivity index (χ2n) is 7.74. The number of thioether (sulfide) groups is 1. The summed E-state index contributed by atoms with van der Waals surface area (Å²) < 4.78 is 6.18. The topological polar surface area (TPSA) is 41.9 Å². The molecule has 1 saturated heterocycles. The minimum absolute atomic E-state index is 0.0559. The lowest BCUT2D eigenvalue weighted by molar-refractivity contribution is -0.124. The number of carbonyl (C=O) groups excluding carboxylic acids is 1. The lowest BCUT2D eigenvalue weighted by Gasteiger charge is -2.35. The first-order valence-corrected chi connectivity index (χ1v) is 11.9. The van der Waals surface area contributed by atoms with Crippen molar-refractivity contribution in [1.82, 2.24) is 4.90 Å². The monoisotopic (exact) mass is 484 g/mol. The Morgan fingerprint density at radius 1 is 1.17 bits per heavy atom. The van der Waals surface area contributed by atoms with Crippen molar-refractivity contribution in [3.8, 4) is 5.75 Å². The Labute approximate surface area is 190 Å². The summed E-state index contributed by atoms with van der Waals surface area (Å²) in [5.41, 5.74) is 1.82. The molecule has 0 spiro atoms. The third-order valence-electron chi connectivity index (χ3n) is 5.69. The highest BCUT2D eigenvalue weighted by Gasteiger charge is 2.41. The Hall–Kier alpha value is -2.05. The summed E-state index contributed by atoms with van der Waals surface area (Å²) in [6, 6.07) is 15.9. The maximum Gasteiger partial charge on any atom is 0.267 e. The molecule has 2 aliphatic rings. The van der Waals surface area contributed by atoms with Gasteiger partial charge in [0.05, 0.1) is 22.2 Å². The van der Waals surface area contributed by atoms with Gasteiger partial charge in [0.25, 0.3) is 5.91 Å². The minimum Gasteiger partial charge on any atom is -0.496 e. The Balaban J connectivity index is 1.71. The van der Waals surface area contributed by atoms with Gasteiger partial charge < -0.3 is 4.74 Å². The van der Waals surface area contributed by atoms with Gasteiger partial charge >= 0.3 is 0 Å². The van der Waals surface area contributed by atoms with E-state index in [2.05, 4.69) is 22.9 Å². The van der Waals surface area contributed by atoms with E-state index < -0.39 is 0 Å². The number of ether oxygens (including phenoxy) is 1. The molecule has 1 saturated carbocycles. The largest absolute Gasteiger partial charge is 0.496 e. The van der Waals surface area contributed by atoms with Crippen LogP contribution in [0.4, 0.5) is 5.69 Å². The van der Waals surface area contributed by atoms with E-state index in [9.17, 15) is 4.79 Å². The van der Waals surface area contributed by atoms with Crippen molar-refractivity contribution in [2.45, 2.75) is 38.6 Å². The molecule has 0 aromatic heterocycles. The number of rotatable bonds is 4. The van der Waals surface area contributed by atoms with Crippen LogP contribution in [0, 0.1) is 5.92 Å². The molecular weight excluding hydrogens is 460 g/mol. The van der Waals surface area contributed by atoms with Gasteiger partial charge in [0.15, 0.2) is 5.17 Å². The number of benzene rings is 2. The zero-order valence-electron chi connectivity index (χ0n) is 17.2. The zero-order valence-corrected chi connectivity index (χ0v) is 19.6. The predicted octanol–water partition coefficient (Wildman–Crippen LogP) is 6.64. The minimum atomic E-state index is 0.0559. The molecule has 0 radical (unpaired) electrons. The standard InChI is InChI=1S/C24H25BrN2O2S/c1-16-8-6-7-11-20(16)27-23(28)22(15-17-12-13-21(29-2)19(25)14-17)30-24(27)26-18-9-4-3-5-10-18/h3-5,9-10,12-16,20H,6-8,11H2,1-2H3/b22-15-,26-24?/t16-,20-/m0/s1. The van der Waals surface area contributed by atoms with Crippen molar-refractivity contribution in [1.29, 1.82) is 0 Å². The summed E-state index contributed by atoms with van der Waals surface area (Å²) in [6.45, 7) is 2.25. The van der Waals surface area contributed by atoms with Gasteiger partial charge in [-0.1, -0.05) is 44.0 Å². The highest BCUT2D eigenvalue weighted by molar-refractivity contribution is 9.10. The van der Waals surface area contributed by atoms with Crippen molar-refractivity contribution < 1.29 is 9.53 Å². The molecule has 2 aromatic carbocycles. The molecular formula is C24H25BrN2O2S. The molecule has 1 aliphatic heterocycles. The fourth-order valence-corrected chi connectivity index (χ4v) is 5.68. The summed E-state index contributed by atoms with van der Waals surface area (Å²) >= 11 is 5.00. The Kier molecular flexibility index (Phi) is 6.64. The van der Waals surface area contributed by atoms with E-state index in [0.717, 1.165) is 45.9 Å². The maximum atomic E-state index is 13.5. The first-order valence-electron chi connectivity index (χ1n) is 10.3. The fourth-order valence-electron chi connectivity index (χ4n) is 4.07. The van der Waals surface area contributed by atoms with Gasteiger partial charge in [0, 0.05) is 6.04 Å². The number of aliphatic imine (C=N–C) groups is 1. The molecule has 1 heterocycles. The molecule has 4 nitrogen and oxygen atoms in total. The molecule has 156 valence electrons. The number of amides is 1. The second kappa shape index (κ2) is 9.40. The molecule has 0 unspecified atom stereocenters. The first-order chi connectivity index (χ1) is 14.6. The number of nitrogens with zero attached hydrogens (tertiary/aromatic N) is 2. The van der Waals surface area contributed by atoms with Gasteiger partial charge in [-0.2, -0.15) is 0 Å². The van der Waals surface area contributed by atoms with Crippen LogP contribution in [0.5, 0.6) is 5.75 Å². The normalized spacial score (nSPS) is 24.6. The highest BCUT2D eigenvalue weighted by Crippen LogP contribution is 2.40. The summed E-state index contributed by atoms with van der Waals surface area (Å²) in [5, 5.41) is 0.781. The van der Waals surface area contributed by atoms with Crippen molar-refractivity contribution >= 4 is 50.5 Å². The van der Waals surface area contributed by atoms with E-state index in [1.165, 1.54) is 18.2 Å². The number of para-hydroxylation sites is 1. The van der Waals surface area contributed by atoms with Crippen LogP contribution in [0.25, 0.3) is 6.08 Å². The Bertz CT molecular complexity index is 990. The van der Waals surface area contributed by atoms with Crippen molar-refractivity contribution in [2.75, 3.05) is 7.11 Å². The zero-order chi connectivity index (χ0) is 21.1. The molecule has 6 heteroatoms. The Morgan fingerprint density at radius 2 is 1.93 bits per heavy atom. The average molecular weight is 485 g/mol. The van der Waals surface area contributed by atoms with E-state index in [-0.39, 0.29) is 11.9 Å². The summed E-state index contributed by atoms with van der Waals surface area (Å²) in [6.07, 6.45) is 6.53. The van der Waals surface area contributed by atoms with Crippen LogP contribution in [0.1, 0.15) is 38.2 Å². The molecule has 1 amide bonds. The van der Waals surface area contributed by atoms with Crippen LogP contribution in [-0.2, 0) is 4.79 Å². The van der Waals surface area contributed by atoms with Crippen LogP contribution >= 0.6 is 27.7 Å². The van der Waals surface area contributed by atoms with Gasteiger partial charge in [-0.25, -0.2) is 4.99 Å². The molecule has 2 atom stereocenters. The number of amidine groups is 1. The first kappa shape index (κ1) is 21.2. The summed E-state index contributed by atoms with van der Waals surface area (Å²) in [7, 11) is 1.64. The van der Waals surface area contributed by atoms with Gasteiger partial charge in [-0.05, 0) is 82.4 Å². The van der Waals surface area contributed by atoms with Gasteiger partial charge in [-0.15, -0.1) is 0 Å².